The third kappa shape index (κ3) is 3.68. The third-order valence-electron chi connectivity index (χ3n) is 5.35. The summed E-state index contributed by atoms with van der Waals surface area (Å²) in [6, 6.07) is 20.8. The molecule has 0 saturated carbocycles. The molecule has 31 heavy (non-hydrogen) atoms. The quantitative estimate of drug-likeness (QED) is 0.463. The Balaban J connectivity index is 1.52. The molecule has 2 heterocycles. The zero-order valence-corrected chi connectivity index (χ0v) is 17.6. The number of halogens is 1. The summed E-state index contributed by atoms with van der Waals surface area (Å²) >= 11 is 6.20. The van der Waals surface area contributed by atoms with Crippen LogP contribution in [0.15, 0.2) is 66.7 Å². The van der Waals surface area contributed by atoms with Gasteiger partial charge < -0.3 is 14.8 Å². The van der Waals surface area contributed by atoms with E-state index in [0.717, 1.165) is 39.0 Å². The Morgan fingerprint density at radius 2 is 1.87 bits per heavy atom. The second kappa shape index (κ2) is 7.93. The minimum atomic E-state index is -0.156. The first kappa shape index (κ1) is 19.4. The summed E-state index contributed by atoms with van der Waals surface area (Å²) in [6.07, 6.45) is 0. The number of nitrogens with one attached hydrogen (secondary N) is 1. The van der Waals surface area contributed by atoms with E-state index in [1.165, 1.54) is 0 Å². The number of ether oxygens (including phenoxy) is 2. The second-order valence-electron chi connectivity index (χ2n) is 7.36. The molecular weight excluding hydrogens is 412 g/mol. The molecule has 5 rings (SSSR count). The van der Waals surface area contributed by atoms with E-state index < -0.39 is 0 Å². The summed E-state index contributed by atoms with van der Waals surface area (Å²) in [7, 11) is 0. The summed E-state index contributed by atoms with van der Waals surface area (Å²) in [5.41, 5.74) is 4.74. The van der Waals surface area contributed by atoms with Gasteiger partial charge in [-0.25, -0.2) is 4.98 Å². The van der Waals surface area contributed by atoms with Crippen molar-refractivity contribution in [3.8, 4) is 22.8 Å². The van der Waals surface area contributed by atoms with Crippen molar-refractivity contribution in [1.82, 2.24) is 10.3 Å². The first-order chi connectivity index (χ1) is 15.1. The van der Waals surface area contributed by atoms with Gasteiger partial charge in [0.1, 0.15) is 0 Å². The van der Waals surface area contributed by atoms with E-state index in [1.54, 1.807) is 0 Å². The fourth-order valence-electron chi connectivity index (χ4n) is 3.84. The van der Waals surface area contributed by atoms with Crippen LogP contribution in [0.4, 0.5) is 0 Å². The molecule has 1 N–H and O–H groups in total. The first-order valence-corrected chi connectivity index (χ1v) is 10.3. The van der Waals surface area contributed by atoms with Gasteiger partial charge in [-0.15, -0.1) is 0 Å². The Morgan fingerprint density at radius 1 is 1.03 bits per heavy atom. The molecule has 0 unspecified atom stereocenters. The smallest absolute Gasteiger partial charge is 0.252 e. The number of para-hydroxylation sites is 1. The number of aromatic nitrogens is 1. The third-order valence-corrected chi connectivity index (χ3v) is 5.59. The molecular formula is C25H19ClN2O3. The summed E-state index contributed by atoms with van der Waals surface area (Å²) in [6.45, 7) is 2.52. The van der Waals surface area contributed by atoms with Gasteiger partial charge in [0.05, 0.1) is 16.8 Å². The lowest BCUT2D eigenvalue weighted by Crippen LogP contribution is -2.24. The molecule has 1 aliphatic rings. The fourth-order valence-corrected chi connectivity index (χ4v) is 4.03. The van der Waals surface area contributed by atoms with Crippen molar-refractivity contribution < 1.29 is 14.3 Å². The van der Waals surface area contributed by atoms with Crippen LogP contribution < -0.4 is 14.8 Å². The number of rotatable bonds is 4. The van der Waals surface area contributed by atoms with E-state index in [2.05, 4.69) is 5.32 Å². The molecule has 1 aliphatic heterocycles. The van der Waals surface area contributed by atoms with Crippen molar-refractivity contribution in [2.75, 3.05) is 6.79 Å². The van der Waals surface area contributed by atoms with Gasteiger partial charge in [-0.1, -0.05) is 48.0 Å². The van der Waals surface area contributed by atoms with Crippen LogP contribution in [-0.4, -0.2) is 17.7 Å². The molecule has 0 fully saturated rings. The predicted octanol–water partition coefficient (Wildman–Crippen LogP) is 5.52. The highest BCUT2D eigenvalue weighted by molar-refractivity contribution is 6.30. The highest BCUT2D eigenvalue weighted by Crippen LogP contribution is 2.33. The van der Waals surface area contributed by atoms with E-state index in [-0.39, 0.29) is 12.7 Å². The van der Waals surface area contributed by atoms with E-state index in [4.69, 9.17) is 26.1 Å². The van der Waals surface area contributed by atoms with Gasteiger partial charge in [0.2, 0.25) is 6.79 Å². The number of nitrogens with zero attached hydrogens (tertiary/aromatic N) is 1. The molecule has 1 aromatic heterocycles. The fraction of sp³-hybridized carbons (Fsp3) is 0.120. The Kier molecular flexibility index (Phi) is 4.96. The topological polar surface area (TPSA) is 60.5 Å². The van der Waals surface area contributed by atoms with Crippen LogP contribution in [0, 0.1) is 6.92 Å². The van der Waals surface area contributed by atoms with Gasteiger partial charge in [-0.2, -0.15) is 0 Å². The molecule has 0 aliphatic carbocycles. The van der Waals surface area contributed by atoms with E-state index in [1.807, 2.05) is 73.7 Å². The molecule has 6 heteroatoms. The first-order valence-electron chi connectivity index (χ1n) is 9.92. The van der Waals surface area contributed by atoms with Gasteiger partial charge in [0.25, 0.3) is 5.91 Å². The Labute approximate surface area is 184 Å². The molecule has 0 saturated heterocycles. The van der Waals surface area contributed by atoms with Gasteiger partial charge >= 0.3 is 0 Å². The molecule has 154 valence electrons. The highest BCUT2D eigenvalue weighted by Gasteiger charge is 2.19. The van der Waals surface area contributed by atoms with Crippen LogP contribution in [-0.2, 0) is 6.54 Å². The average molecular weight is 431 g/mol. The SMILES string of the molecule is Cc1c(-c2cccc(Cl)c2)nc2ccccc2c1C(=O)NCc1ccc2c(c1)OCO2. The summed E-state index contributed by atoms with van der Waals surface area (Å²) in [4.78, 5) is 18.1. The normalized spacial score (nSPS) is 12.2. The Morgan fingerprint density at radius 3 is 2.74 bits per heavy atom. The molecule has 3 aromatic carbocycles. The lowest BCUT2D eigenvalue weighted by Gasteiger charge is -2.15. The Bertz CT molecular complexity index is 1320. The molecule has 4 aromatic rings. The maximum absolute atomic E-state index is 13.3. The van der Waals surface area contributed by atoms with Gasteiger partial charge in [0.15, 0.2) is 11.5 Å². The molecule has 5 nitrogen and oxygen atoms in total. The number of carbonyl (C=O) groups excluding carboxylic acids is 1. The number of benzene rings is 3. The minimum Gasteiger partial charge on any atom is -0.454 e. The van der Waals surface area contributed by atoms with Crippen LogP contribution in [0.1, 0.15) is 21.5 Å². The summed E-state index contributed by atoms with van der Waals surface area (Å²) < 4.78 is 10.8. The van der Waals surface area contributed by atoms with E-state index >= 15 is 0 Å². The van der Waals surface area contributed by atoms with E-state index in [0.29, 0.717) is 22.9 Å². The maximum Gasteiger partial charge on any atom is 0.252 e. The highest BCUT2D eigenvalue weighted by atomic mass is 35.5. The van der Waals surface area contributed by atoms with Gasteiger partial charge in [0, 0.05) is 22.5 Å². The van der Waals surface area contributed by atoms with E-state index in [9.17, 15) is 4.79 Å². The van der Waals surface area contributed by atoms with Crippen LogP contribution in [0.5, 0.6) is 11.5 Å². The standard InChI is InChI=1S/C25H19ClN2O3/c1-15-23(25(29)27-13-16-9-10-21-22(11-16)31-14-30-21)19-7-2-3-8-20(19)28-24(15)17-5-4-6-18(26)12-17/h2-12H,13-14H2,1H3,(H,27,29). The predicted molar refractivity (Wildman–Crippen MR) is 121 cm³/mol. The largest absolute Gasteiger partial charge is 0.454 e. The number of carbonyl (C=O) groups is 1. The molecule has 0 bridgehead atoms. The number of hydrogen-bond acceptors (Lipinski definition) is 4. The molecule has 0 atom stereocenters. The van der Waals surface area contributed by atoms with Gasteiger partial charge in [-0.3, -0.25) is 4.79 Å². The molecule has 0 spiro atoms. The zero-order valence-electron chi connectivity index (χ0n) is 16.8. The molecule has 0 radical (unpaired) electrons. The lowest BCUT2D eigenvalue weighted by atomic mass is 9.97. The van der Waals surface area contributed by atoms with Crippen molar-refractivity contribution in [3.05, 3.63) is 88.4 Å². The van der Waals surface area contributed by atoms with Crippen molar-refractivity contribution in [2.45, 2.75) is 13.5 Å². The maximum atomic E-state index is 13.3. The second-order valence-corrected chi connectivity index (χ2v) is 7.79. The summed E-state index contributed by atoms with van der Waals surface area (Å²) in [5.74, 6) is 1.26. The zero-order chi connectivity index (χ0) is 21.4. The summed E-state index contributed by atoms with van der Waals surface area (Å²) in [5, 5.41) is 4.48. The van der Waals surface area contributed by atoms with Crippen molar-refractivity contribution >= 4 is 28.4 Å². The van der Waals surface area contributed by atoms with Crippen molar-refractivity contribution in [3.63, 3.8) is 0 Å². The monoisotopic (exact) mass is 430 g/mol. The van der Waals surface area contributed by atoms with Crippen LogP contribution in [0.25, 0.3) is 22.2 Å². The number of fused-ring (bicyclic) bond motifs is 2. The Hall–Kier alpha value is -3.57. The molecule has 1 amide bonds. The number of hydrogen-bond donors (Lipinski definition) is 1. The number of pyridine rings is 1. The van der Waals surface area contributed by atoms with Crippen molar-refractivity contribution in [1.29, 1.82) is 0 Å². The average Bonchev–Trinajstić information content (AvgIpc) is 3.25. The van der Waals surface area contributed by atoms with Crippen LogP contribution in [0.3, 0.4) is 0 Å². The van der Waals surface area contributed by atoms with Gasteiger partial charge in [-0.05, 0) is 48.4 Å². The minimum absolute atomic E-state index is 0.156. The lowest BCUT2D eigenvalue weighted by molar-refractivity contribution is 0.0952. The number of amides is 1. The van der Waals surface area contributed by atoms with Crippen LogP contribution in [0.2, 0.25) is 5.02 Å². The van der Waals surface area contributed by atoms with Crippen molar-refractivity contribution in [2.24, 2.45) is 0 Å². The van der Waals surface area contributed by atoms with Crippen LogP contribution >= 0.6 is 11.6 Å².